The molecule has 4 aliphatic heterocycles. The fourth-order valence-corrected chi connectivity index (χ4v) is 12.7. The summed E-state index contributed by atoms with van der Waals surface area (Å²) in [7, 11) is -6.36. The number of benzene rings is 1. The van der Waals surface area contributed by atoms with Gasteiger partial charge in [-0.15, -0.1) is 0 Å². The lowest BCUT2D eigenvalue weighted by atomic mass is 9.83. The SMILES string of the molecule is C=C1C[C@H](CCC2OCCO2)O[C@H]1CC[C@H]1C[C@@H](C)C(=C)[C@@H](C[C@@H]2O[C@H](CC(CO[Si](C)(C)C(C)(C)C)O[Si](C)(C)C(C)(C)C)[C@H](OC)[C@H]2CS(=O)(=O)c2ccccc2)O1. The lowest BCUT2D eigenvalue weighted by molar-refractivity contribution is -0.0791. The van der Waals surface area contributed by atoms with E-state index in [1.165, 1.54) is 0 Å². The summed E-state index contributed by atoms with van der Waals surface area (Å²) in [5.41, 5.74) is 2.17. The van der Waals surface area contributed by atoms with Gasteiger partial charge in [-0.2, -0.15) is 0 Å². The molecule has 0 bridgehead atoms. The molecule has 10 nitrogen and oxygen atoms in total. The minimum Gasteiger partial charge on any atom is -0.414 e. The number of hydrogen-bond donors (Lipinski definition) is 0. The lowest BCUT2D eigenvalue weighted by Crippen LogP contribution is -2.49. The molecule has 4 fully saturated rings. The lowest BCUT2D eigenvalue weighted by Gasteiger charge is -2.42. The van der Waals surface area contributed by atoms with E-state index in [4.69, 9.17) is 37.3 Å². The highest BCUT2D eigenvalue weighted by Crippen LogP contribution is 2.44. The molecule has 60 heavy (non-hydrogen) atoms. The van der Waals surface area contributed by atoms with Gasteiger partial charge in [-0.3, -0.25) is 0 Å². The molecule has 1 unspecified atom stereocenters. The summed E-state index contributed by atoms with van der Waals surface area (Å²) in [4.78, 5) is 0.300. The minimum atomic E-state index is -3.68. The zero-order chi connectivity index (χ0) is 44.3. The predicted octanol–water partition coefficient (Wildman–Crippen LogP) is 10.0. The molecule has 13 heteroatoms. The maximum absolute atomic E-state index is 14.1. The van der Waals surface area contributed by atoms with Crippen LogP contribution in [0.15, 0.2) is 59.5 Å². The summed E-state index contributed by atoms with van der Waals surface area (Å²) >= 11 is 0. The predicted molar refractivity (Wildman–Crippen MR) is 244 cm³/mol. The van der Waals surface area contributed by atoms with Crippen LogP contribution in [0.1, 0.15) is 99.8 Å². The van der Waals surface area contributed by atoms with Crippen molar-refractivity contribution in [3.63, 3.8) is 0 Å². The molecule has 342 valence electrons. The highest BCUT2D eigenvalue weighted by Gasteiger charge is 2.50. The molecule has 0 saturated carbocycles. The summed E-state index contributed by atoms with van der Waals surface area (Å²) < 4.78 is 80.3. The molecule has 0 aromatic heterocycles. The van der Waals surface area contributed by atoms with Crippen molar-refractivity contribution in [2.75, 3.05) is 32.7 Å². The normalized spacial score (nSPS) is 30.7. The molecular formula is C47H80O10SSi2. The fraction of sp³-hybridized carbons (Fsp3) is 0.787. The van der Waals surface area contributed by atoms with Gasteiger partial charge in [0.05, 0.1) is 79.3 Å². The van der Waals surface area contributed by atoms with Crippen LogP contribution in [0.4, 0.5) is 0 Å². The van der Waals surface area contributed by atoms with Crippen LogP contribution in [0.2, 0.25) is 36.3 Å². The van der Waals surface area contributed by atoms with Crippen molar-refractivity contribution in [3.8, 4) is 0 Å². The molecule has 0 radical (unpaired) electrons. The Morgan fingerprint density at radius 1 is 0.817 bits per heavy atom. The molecule has 5 rings (SSSR count). The van der Waals surface area contributed by atoms with E-state index in [1.807, 2.05) is 6.07 Å². The molecule has 4 aliphatic rings. The largest absolute Gasteiger partial charge is 0.414 e. The molecule has 1 aromatic rings. The third-order valence-electron chi connectivity index (χ3n) is 14.5. The standard InChI is InChI=1S/C47H80O10SSi2/c1-32-26-35(20-22-40-33(2)27-36(54-40)21-23-44-51-24-25-52-44)55-41(34(32)3)29-42-39(31-58(48,49)38-18-16-15-17-19-38)45(50-10)43(56-42)28-37(57-60(13,14)47(7,8)9)30-53-59(11,12)46(4,5)6/h15-19,32,35-37,39-45H,2-3,20-31H2,1,4-14H3/t32-,35+,36+,37?,39+,40+,41-,42+,43-,45-/m1/s1. The van der Waals surface area contributed by atoms with E-state index in [0.717, 1.165) is 49.7 Å². The Hall–Kier alpha value is -1.24. The molecule has 10 atom stereocenters. The van der Waals surface area contributed by atoms with E-state index in [-0.39, 0.29) is 58.6 Å². The first-order valence-electron chi connectivity index (χ1n) is 22.6. The third-order valence-corrected chi connectivity index (χ3v) is 25.4. The molecule has 0 aliphatic carbocycles. The highest BCUT2D eigenvalue weighted by molar-refractivity contribution is 7.91. The second-order valence-electron chi connectivity index (χ2n) is 21.1. The van der Waals surface area contributed by atoms with Crippen molar-refractivity contribution < 1.29 is 45.7 Å². The van der Waals surface area contributed by atoms with E-state index in [0.29, 0.717) is 37.6 Å². The first kappa shape index (κ1) is 49.8. The molecule has 0 N–H and O–H groups in total. The summed E-state index contributed by atoms with van der Waals surface area (Å²) in [5.74, 6) is -0.318. The van der Waals surface area contributed by atoms with Gasteiger partial charge < -0.3 is 37.3 Å². The third kappa shape index (κ3) is 12.7. The Balaban J connectivity index is 1.34. The topological polar surface area (TPSA) is 108 Å². The van der Waals surface area contributed by atoms with E-state index < -0.39 is 50.7 Å². The van der Waals surface area contributed by atoms with Crippen molar-refractivity contribution >= 4 is 26.5 Å². The molecule has 1 aromatic carbocycles. The van der Waals surface area contributed by atoms with Crippen molar-refractivity contribution in [1.82, 2.24) is 0 Å². The van der Waals surface area contributed by atoms with Crippen LogP contribution in [0.5, 0.6) is 0 Å². The van der Waals surface area contributed by atoms with Gasteiger partial charge in [0.15, 0.2) is 32.8 Å². The van der Waals surface area contributed by atoms with E-state index in [1.54, 1.807) is 31.4 Å². The zero-order valence-corrected chi connectivity index (χ0v) is 41.9. The number of methoxy groups -OCH3 is 1. The summed E-state index contributed by atoms with van der Waals surface area (Å²) in [5, 5.41) is 0.0203. The summed E-state index contributed by atoms with van der Waals surface area (Å²) in [6.07, 6.45) is 4.23. The Morgan fingerprint density at radius 2 is 1.43 bits per heavy atom. The number of rotatable bonds is 19. The van der Waals surface area contributed by atoms with Gasteiger partial charge >= 0.3 is 0 Å². The molecule has 0 amide bonds. The molecule has 0 spiro atoms. The van der Waals surface area contributed by atoms with Crippen LogP contribution in [0, 0.1) is 11.8 Å². The van der Waals surface area contributed by atoms with E-state index in [9.17, 15) is 8.42 Å². The Bertz CT molecular complexity index is 1670. The second-order valence-corrected chi connectivity index (χ2v) is 32.7. The van der Waals surface area contributed by atoms with Crippen molar-refractivity contribution in [3.05, 3.63) is 54.6 Å². The molecule has 4 saturated heterocycles. The first-order valence-corrected chi connectivity index (χ1v) is 30.1. The average Bonchev–Trinajstić information content (AvgIpc) is 3.89. The Labute approximate surface area is 366 Å². The van der Waals surface area contributed by atoms with Crippen LogP contribution in [0.25, 0.3) is 0 Å². The maximum atomic E-state index is 14.1. The number of ether oxygens (including phenoxy) is 6. The number of sulfone groups is 1. The van der Waals surface area contributed by atoms with Crippen LogP contribution >= 0.6 is 0 Å². The van der Waals surface area contributed by atoms with Gasteiger partial charge in [-0.05, 0) is 97.6 Å². The van der Waals surface area contributed by atoms with Crippen molar-refractivity contribution in [2.45, 2.75) is 196 Å². The fourth-order valence-electron chi connectivity index (χ4n) is 8.65. The minimum absolute atomic E-state index is 0.000960. The quantitative estimate of drug-likeness (QED) is 0.0984. The van der Waals surface area contributed by atoms with Gasteiger partial charge in [0.2, 0.25) is 0 Å². The van der Waals surface area contributed by atoms with Gasteiger partial charge in [-0.25, -0.2) is 8.42 Å². The number of hydrogen-bond acceptors (Lipinski definition) is 10. The second kappa shape index (κ2) is 20.3. The summed E-state index contributed by atoms with van der Waals surface area (Å²) in [6.45, 7) is 35.5. The van der Waals surface area contributed by atoms with Crippen LogP contribution < -0.4 is 0 Å². The first-order chi connectivity index (χ1) is 27.9. The van der Waals surface area contributed by atoms with Crippen LogP contribution in [-0.2, 0) is 47.1 Å². The van der Waals surface area contributed by atoms with Gasteiger partial charge in [-0.1, -0.05) is 79.8 Å². The molecule has 4 heterocycles. The van der Waals surface area contributed by atoms with Crippen molar-refractivity contribution in [1.29, 1.82) is 0 Å². The van der Waals surface area contributed by atoms with Gasteiger partial charge in [0, 0.05) is 32.3 Å². The van der Waals surface area contributed by atoms with Crippen molar-refractivity contribution in [2.24, 2.45) is 11.8 Å². The summed E-state index contributed by atoms with van der Waals surface area (Å²) in [6, 6.07) is 8.71. The highest BCUT2D eigenvalue weighted by atomic mass is 32.2. The molecular weight excluding hydrogens is 813 g/mol. The Morgan fingerprint density at radius 3 is 2.05 bits per heavy atom. The van der Waals surface area contributed by atoms with Gasteiger partial charge in [0.25, 0.3) is 0 Å². The smallest absolute Gasteiger partial charge is 0.192 e. The van der Waals surface area contributed by atoms with E-state index in [2.05, 4.69) is 87.8 Å². The van der Waals surface area contributed by atoms with E-state index >= 15 is 0 Å². The average molecular weight is 893 g/mol. The van der Waals surface area contributed by atoms with Crippen LogP contribution in [-0.4, -0.2) is 113 Å². The Kier molecular flexibility index (Phi) is 16.8. The van der Waals surface area contributed by atoms with Gasteiger partial charge in [0.1, 0.15) is 0 Å². The monoisotopic (exact) mass is 893 g/mol. The maximum Gasteiger partial charge on any atom is 0.192 e. The zero-order valence-electron chi connectivity index (χ0n) is 39.1. The van der Waals surface area contributed by atoms with Crippen LogP contribution in [0.3, 0.4) is 0 Å².